The minimum Gasteiger partial charge on any atom is -0.462 e. The molecule has 1 saturated heterocycles. The zero-order valence-electron chi connectivity index (χ0n) is 18.2. The molecule has 0 amide bonds. The van der Waals surface area contributed by atoms with E-state index < -0.39 is 67.5 Å². The summed E-state index contributed by atoms with van der Waals surface area (Å²) in [5, 5.41) is 59.5. The van der Waals surface area contributed by atoms with Gasteiger partial charge in [0.25, 0.3) is 0 Å². The van der Waals surface area contributed by atoms with Gasteiger partial charge in [0.05, 0.1) is 25.6 Å². The van der Waals surface area contributed by atoms with Crippen LogP contribution in [-0.2, 0) is 23.7 Å². The summed E-state index contributed by atoms with van der Waals surface area (Å²) >= 11 is 0. The summed E-state index contributed by atoms with van der Waals surface area (Å²) in [7, 11) is 0. The van der Waals surface area contributed by atoms with Crippen molar-refractivity contribution in [1.29, 1.82) is 0 Å². The minimum absolute atomic E-state index is 0.0998. The molecule has 0 aromatic heterocycles. The molecule has 0 spiro atoms. The standard InChI is InChI=1S/C21H34O11/c1-9(2)3-15(25)32-20-16-11(4-13(24)12(16)5-22)10(7-29-20)8-30-21-19(28)18(27)17(26)14(6-23)31-21/h7,9,11-14,16-24,26-28H,3-6,8H2,1-2H3/t11-,12+,13+,14+,16+,17+,18-,19+,20+,21+/m1/s1. The molecule has 32 heavy (non-hydrogen) atoms. The van der Waals surface area contributed by atoms with Gasteiger partial charge in [0.2, 0.25) is 6.29 Å². The van der Waals surface area contributed by atoms with E-state index in [2.05, 4.69) is 0 Å². The first-order valence-corrected chi connectivity index (χ1v) is 10.9. The Morgan fingerprint density at radius 2 is 1.81 bits per heavy atom. The van der Waals surface area contributed by atoms with Crippen LogP contribution < -0.4 is 0 Å². The zero-order chi connectivity index (χ0) is 23.6. The Morgan fingerprint density at radius 3 is 2.44 bits per heavy atom. The summed E-state index contributed by atoms with van der Waals surface area (Å²) in [6, 6.07) is 0. The summed E-state index contributed by atoms with van der Waals surface area (Å²) in [5.74, 6) is -1.71. The lowest BCUT2D eigenvalue weighted by molar-refractivity contribution is -0.299. The van der Waals surface area contributed by atoms with E-state index in [1.54, 1.807) is 0 Å². The first-order valence-electron chi connectivity index (χ1n) is 10.9. The van der Waals surface area contributed by atoms with Gasteiger partial charge in [0.1, 0.15) is 24.4 Å². The average Bonchev–Trinajstić information content (AvgIpc) is 3.08. The number of carbonyl (C=O) groups is 1. The van der Waals surface area contributed by atoms with Gasteiger partial charge in [-0.2, -0.15) is 0 Å². The first kappa shape index (κ1) is 25.3. The van der Waals surface area contributed by atoms with Gasteiger partial charge in [-0.3, -0.25) is 4.79 Å². The van der Waals surface area contributed by atoms with E-state index >= 15 is 0 Å². The van der Waals surface area contributed by atoms with Gasteiger partial charge in [0.15, 0.2) is 6.29 Å². The highest BCUT2D eigenvalue weighted by Gasteiger charge is 2.52. The van der Waals surface area contributed by atoms with Crippen LogP contribution in [0.25, 0.3) is 0 Å². The molecule has 184 valence electrons. The normalized spacial score (nSPS) is 41.7. The van der Waals surface area contributed by atoms with Crippen molar-refractivity contribution in [3.05, 3.63) is 11.8 Å². The number of fused-ring (bicyclic) bond motifs is 1. The van der Waals surface area contributed by atoms with Crippen molar-refractivity contribution in [1.82, 2.24) is 0 Å². The van der Waals surface area contributed by atoms with E-state index in [1.165, 1.54) is 6.26 Å². The maximum Gasteiger partial charge on any atom is 0.309 e. The van der Waals surface area contributed by atoms with Crippen LogP contribution in [0.4, 0.5) is 0 Å². The van der Waals surface area contributed by atoms with Crippen LogP contribution in [-0.4, -0.2) is 99.5 Å². The van der Waals surface area contributed by atoms with Gasteiger partial charge in [-0.05, 0) is 23.8 Å². The number of ether oxygens (including phenoxy) is 4. The van der Waals surface area contributed by atoms with Gasteiger partial charge in [-0.15, -0.1) is 0 Å². The van der Waals surface area contributed by atoms with Crippen LogP contribution in [0.15, 0.2) is 11.8 Å². The van der Waals surface area contributed by atoms with Gasteiger partial charge < -0.3 is 49.6 Å². The van der Waals surface area contributed by atoms with Crippen LogP contribution in [0.1, 0.15) is 26.7 Å². The molecule has 0 unspecified atom stereocenters. The van der Waals surface area contributed by atoms with Crippen molar-refractivity contribution in [2.75, 3.05) is 19.8 Å². The fraction of sp³-hybridized carbons (Fsp3) is 0.857. The van der Waals surface area contributed by atoms with E-state index in [4.69, 9.17) is 18.9 Å². The predicted molar refractivity (Wildman–Crippen MR) is 106 cm³/mol. The first-order chi connectivity index (χ1) is 15.2. The molecule has 0 radical (unpaired) electrons. The van der Waals surface area contributed by atoms with Crippen LogP contribution >= 0.6 is 0 Å². The van der Waals surface area contributed by atoms with E-state index in [-0.39, 0.29) is 31.5 Å². The monoisotopic (exact) mass is 462 g/mol. The third-order valence-electron chi connectivity index (χ3n) is 6.39. The van der Waals surface area contributed by atoms with Gasteiger partial charge in [0, 0.05) is 24.9 Å². The third-order valence-corrected chi connectivity index (χ3v) is 6.39. The van der Waals surface area contributed by atoms with Crippen LogP contribution in [0.5, 0.6) is 0 Å². The molecule has 11 heteroatoms. The second-order valence-corrected chi connectivity index (χ2v) is 9.13. The SMILES string of the molecule is CC(C)CC(=O)O[C@@H]1OC=C(CO[C@H]2O[C@@H](CO)[C@H](O)[C@@H](O)[C@@H]2O)[C@H]2C[C@H](O)[C@H](CO)[C@@H]12. The van der Waals surface area contributed by atoms with Gasteiger partial charge in [-0.25, -0.2) is 0 Å². The third kappa shape index (κ3) is 5.26. The van der Waals surface area contributed by atoms with Crippen LogP contribution in [0.3, 0.4) is 0 Å². The summed E-state index contributed by atoms with van der Waals surface area (Å²) in [4.78, 5) is 12.2. The fourth-order valence-electron chi connectivity index (χ4n) is 4.65. The van der Waals surface area contributed by atoms with Crippen molar-refractivity contribution in [2.24, 2.45) is 23.7 Å². The number of hydrogen-bond donors (Lipinski definition) is 6. The van der Waals surface area contributed by atoms with Gasteiger partial charge in [-0.1, -0.05) is 13.8 Å². The lowest BCUT2D eigenvalue weighted by Gasteiger charge is -2.40. The lowest BCUT2D eigenvalue weighted by atomic mass is 9.83. The molecule has 10 atom stereocenters. The maximum absolute atomic E-state index is 12.2. The molecule has 2 heterocycles. The number of aliphatic hydroxyl groups excluding tert-OH is 6. The average molecular weight is 462 g/mol. The molecule has 3 aliphatic rings. The lowest BCUT2D eigenvalue weighted by Crippen LogP contribution is -2.59. The topological polar surface area (TPSA) is 175 Å². The van der Waals surface area contributed by atoms with E-state index in [9.17, 15) is 35.4 Å². The molecule has 6 N–H and O–H groups in total. The van der Waals surface area contributed by atoms with Crippen molar-refractivity contribution < 1.29 is 54.4 Å². The Morgan fingerprint density at radius 1 is 1.09 bits per heavy atom. The Balaban J connectivity index is 1.70. The summed E-state index contributed by atoms with van der Waals surface area (Å²) < 4.78 is 22.1. The molecule has 2 fully saturated rings. The summed E-state index contributed by atoms with van der Waals surface area (Å²) in [6.07, 6.45) is -6.92. The number of aliphatic hydroxyl groups is 6. The molecule has 0 bridgehead atoms. The molecule has 2 aliphatic heterocycles. The largest absolute Gasteiger partial charge is 0.462 e. The molecule has 0 aromatic rings. The van der Waals surface area contributed by atoms with Crippen molar-refractivity contribution in [3.63, 3.8) is 0 Å². The number of rotatable bonds is 8. The second-order valence-electron chi connectivity index (χ2n) is 9.13. The van der Waals surface area contributed by atoms with Crippen molar-refractivity contribution >= 4 is 5.97 Å². The number of hydrogen-bond acceptors (Lipinski definition) is 11. The molecule has 0 aromatic carbocycles. The Kier molecular flexibility index (Phi) is 8.50. The predicted octanol–water partition coefficient (Wildman–Crippen LogP) is -1.76. The zero-order valence-corrected chi connectivity index (χ0v) is 18.2. The molecule has 3 rings (SSSR count). The van der Waals surface area contributed by atoms with E-state index in [0.29, 0.717) is 12.0 Å². The van der Waals surface area contributed by atoms with Crippen molar-refractivity contribution in [2.45, 2.75) is 69.8 Å². The van der Waals surface area contributed by atoms with E-state index in [1.807, 2.05) is 13.8 Å². The van der Waals surface area contributed by atoms with Crippen molar-refractivity contribution in [3.8, 4) is 0 Å². The quantitative estimate of drug-likeness (QED) is 0.225. The molecule has 11 nitrogen and oxygen atoms in total. The Hall–Kier alpha value is -1.31. The Labute approximate surface area is 186 Å². The molecular weight excluding hydrogens is 428 g/mol. The summed E-state index contributed by atoms with van der Waals surface area (Å²) in [6.45, 7) is 2.77. The Bertz CT molecular complexity index is 666. The van der Waals surface area contributed by atoms with E-state index in [0.717, 1.165) is 0 Å². The highest BCUT2D eigenvalue weighted by atomic mass is 16.7. The highest BCUT2D eigenvalue weighted by Crippen LogP contribution is 2.47. The molecule has 1 aliphatic carbocycles. The highest BCUT2D eigenvalue weighted by molar-refractivity contribution is 5.69. The molecular formula is C21H34O11. The number of esters is 1. The second kappa shape index (κ2) is 10.7. The van der Waals surface area contributed by atoms with Crippen LogP contribution in [0.2, 0.25) is 0 Å². The number of carbonyl (C=O) groups excluding carboxylic acids is 1. The summed E-state index contributed by atoms with van der Waals surface area (Å²) in [5.41, 5.74) is 0.595. The maximum atomic E-state index is 12.2. The fourth-order valence-corrected chi connectivity index (χ4v) is 4.65. The van der Waals surface area contributed by atoms with Gasteiger partial charge >= 0.3 is 5.97 Å². The van der Waals surface area contributed by atoms with Crippen LogP contribution in [0, 0.1) is 23.7 Å². The molecule has 1 saturated carbocycles. The smallest absolute Gasteiger partial charge is 0.309 e. The minimum atomic E-state index is -1.56.